The van der Waals surface area contributed by atoms with E-state index in [9.17, 15) is 4.79 Å². The molecule has 20 heavy (non-hydrogen) atoms. The van der Waals surface area contributed by atoms with E-state index in [-0.39, 0.29) is 18.2 Å². The van der Waals surface area contributed by atoms with E-state index in [2.05, 4.69) is 30.3 Å². The van der Waals surface area contributed by atoms with Crippen molar-refractivity contribution in [3.8, 4) is 0 Å². The standard InChI is InChI=1S/C17H22O3/c1-2-19-17(18)13-16-10-6-9-15(20-16)12-11-14-7-4-3-5-8-14/h3-8,10,15-16H,2,9,11-13H2,1H3/t15-,16-/m0/s1. The molecule has 0 saturated carbocycles. The van der Waals surface area contributed by atoms with Crippen molar-refractivity contribution in [1.82, 2.24) is 0 Å². The third-order valence-corrected chi connectivity index (χ3v) is 3.39. The zero-order valence-electron chi connectivity index (χ0n) is 12.0. The summed E-state index contributed by atoms with van der Waals surface area (Å²) < 4.78 is 10.9. The Morgan fingerprint density at radius 2 is 2.15 bits per heavy atom. The normalized spacial score (nSPS) is 21.6. The maximum Gasteiger partial charge on any atom is 0.308 e. The van der Waals surface area contributed by atoms with Gasteiger partial charge in [-0.2, -0.15) is 0 Å². The van der Waals surface area contributed by atoms with Crippen LogP contribution >= 0.6 is 0 Å². The number of hydrogen-bond acceptors (Lipinski definition) is 3. The molecule has 0 amide bonds. The molecule has 1 aromatic rings. The minimum atomic E-state index is -0.189. The predicted molar refractivity (Wildman–Crippen MR) is 78.4 cm³/mol. The summed E-state index contributed by atoms with van der Waals surface area (Å²) in [6.45, 7) is 2.24. The fourth-order valence-electron chi connectivity index (χ4n) is 2.39. The molecule has 0 bridgehead atoms. The first-order valence-corrected chi connectivity index (χ1v) is 7.29. The first kappa shape index (κ1) is 14.8. The highest BCUT2D eigenvalue weighted by atomic mass is 16.5. The van der Waals surface area contributed by atoms with Gasteiger partial charge in [0.1, 0.15) is 0 Å². The Bertz CT molecular complexity index is 439. The van der Waals surface area contributed by atoms with Crippen LogP contribution in [0.5, 0.6) is 0 Å². The van der Waals surface area contributed by atoms with Gasteiger partial charge in [-0.15, -0.1) is 0 Å². The van der Waals surface area contributed by atoms with Crippen molar-refractivity contribution in [3.63, 3.8) is 0 Å². The molecule has 2 atom stereocenters. The topological polar surface area (TPSA) is 35.5 Å². The van der Waals surface area contributed by atoms with Gasteiger partial charge in [0.15, 0.2) is 0 Å². The summed E-state index contributed by atoms with van der Waals surface area (Å²) in [5, 5.41) is 0. The summed E-state index contributed by atoms with van der Waals surface area (Å²) in [7, 11) is 0. The van der Waals surface area contributed by atoms with Crippen molar-refractivity contribution < 1.29 is 14.3 Å². The monoisotopic (exact) mass is 274 g/mol. The number of hydrogen-bond donors (Lipinski definition) is 0. The van der Waals surface area contributed by atoms with Crippen LogP contribution in [0.4, 0.5) is 0 Å². The molecule has 0 saturated heterocycles. The van der Waals surface area contributed by atoms with E-state index in [1.54, 1.807) is 0 Å². The van der Waals surface area contributed by atoms with Crippen molar-refractivity contribution in [1.29, 1.82) is 0 Å². The van der Waals surface area contributed by atoms with E-state index in [0.29, 0.717) is 13.0 Å². The van der Waals surface area contributed by atoms with Gasteiger partial charge in [-0.05, 0) is 31.7 Å². The summed E-state index contributed by atoms with van der Waals surface area (Å²) >= 11 is 0. The molecule has 1 aliphatic heterocycles. The molecule has 1 aliphatic rings. The molecule has 0 spiro atoms. The highest BCUT2D eigenvalue weighted by Crippen LogP contribution is 2.19. The third kappa shape index (κ3) is 4.82. The predicted octanol–water partition coefficient (Wildman–Crippen LogP) is 3.29. The minimum Gasteiger partial charge on any atom is -0.466 e. The number of aryl methyl sites for hydroxylation is 1. The van der Waals surface area contributed by atoms with Crippen LogP contribution in [0.15, 0.2) is 42.5 Å². The highest BCUT2D eigenvalue weighted by molar-refractivity contribution is 5.70. The Morgan fingerprint density at radius 3 is 2.90 bits per heavy atom. The van der Waals surface area contributed by atoms with Crippen LogP contribution in [0.3, 0.4) is 0 Å². The van der Waals surface area contributed by atoms with E-state index in [1.165, 1.54) is 5.56 Å². The second kappa shape index (κ2) is 7.85. The lowest BCUT2D eigenvalue weighted by atomic mass is 10.0. The summed E-state index contributed by atoms with van der Waals surface area (Å²) in [5.74, 6) is -0.189. The first-order valence-electron chi connectivity index (χ1n) is 7.29. The molecule has 3 nitrogen and oxygen atoms in total. The van der Waals surface area contributed by atoms with Crippen LogP contribution in [0.25, 0.3) is 0 Å². The van der Waals surface area contributed by atoms with Crippen LogP contribution in [-0.2, 0) is 20.7 Å². The first-order chi connectivity index (χ1) is 9.78. The molecule has 0 fully saturated rings. The van der Waals surface area contributed by atoms with Gasteiger partial charge < -0.3 is 9.47 Å². The number of esters is 1. The van der Waals surface area contributed by atoms with Gasteiger partial charge in [0.25, 0.3) is 0 Å². The number of rotatable bonds is 6. The molecular formula is C17H22O3. The molecule has 0 radical (unpaired) electrons. The molecule has 0 aliphatic carbocycles. The van der Waals surface area contributed by atoms with Gasteiger partial charge in [-0.25, -0.2) is 0 Å². The van der Waals surface area contributed by atoms with E-state index in [4.69, 9.17) is 9.47 Å². The Kier molecular flexibility index (Phi) is 5.81. The van der Waals surface area contributed by atoms with Crippen molar-refractivity contribution >= 4 is 5.97 Å². The van der Waals surface area contributed by atoms with E-state index in [1.807, 2.05) is 19.1 Å². The summed E-state index contributed by atoms with van der Waals surface area (Å²) in [5.41, 5.74) is 1.33. The van der Waals surface area contributed by atoms with Crippen LogP contribution < -0.4 is 0 Å². The lowest BCUT2D eigenvalue weighted by Crippen LogP contribution is -2.27. The van der Waals surface area contributed by atoms with E-state index in [0.717, 1.165) is 19.3 Å². The summed E-state index contributed by atoms with van der Waals surface area (Å²) in [6.07, 6.45) is 7.36. The van der Waals surface area contributed by atoms with Crippen molar-refractivity contribution in [3.05, 3.63) is 48.0 Å². The van der Waals surface area contributed by atoms with Crippen LogP contribution in [0, 0.1) is 0 Å². The molecule has 108 valence electrons. The second-order valence-electron chi connectivity index (χ2n) is 4.99. The van der Waals surface area contributed by atoms with Crippen LogP contribution in [-0.4, -0.2) is 24.8 Å². The molecule has 3 heteroatoms. The fourth-order valence-corrected chi connectivity index (χ4v) is 2.39. The van der Waals surface area contributed by atoms with Gasteiger partial charge in [0, 0.05) is 0 Å². The third-order valence-electron chi connectivity index (χ3n) is 3.39. The average Bonchev–Trinajstić information content (AvgIpc) is 2.47. The van der Waals surface area contributed by atoms with E-state index >= 15 is 0 Å². The lowest BCUT2D eigenvalue weighted by molar-refractivity contribution is -0.146. The molecule has 0 unspecified atom stereocenters. The zero-order chi connectivity index (χ0) is 14.2. The van der Waals surface area contributed by atoms with Crippen molar-refractivity contribution in [2.45, 2.75) is 44.8 Å². The molecule has 1 heterocycles. The van der Waals surface area contributed by atoms with Gasteiger partial charge in [0.05, 0.1) is 25.2 Å². The zero-order valence-corrected chi connectivity index (χ0v) is 12.0. The second-order valence-corrected chi connectivity index (χ2v) is 4.99. The maximum atomic E-state index is 11.5. The number of carbonyl (C=O) groups is 1. The Hall–Kier alpha value is -1.61. The fraction of sp³-hybridized carbons (Fsp3) is 0.471. The molecular weight excluding hydrogens is 252 g/mol. The van der Waals surface area contributed by atoms with Gasteiger partial charge in [-0.3, -0.25) is 4.79 Å². The summed E-state index contributed by atoms with van der Waals surface area (Å²) in [6, 6.07) is 10.4. The summed E-state index contributed by atoms with van der Waals surface area (Å²) in [4.78, 5) is 11.5. The molecule has 0 aromatic heterocycles. The largest absolute Gasteiger partial charge is 0.466 e. The molecule has 0 N–H and O–H groups in total. The molecule has 1 aromatic carbocycles. The Balaban J connectivity index is 1.77. The highest BCUT2D eigenvalue weighted by Gasteiger charge is 2.20. The van der Waals surface area contributed by atoms with Crippen molar-refractivity contribution in [2.75, 3.05) is 6.61 Å². The Labute approximate surface area is 120 Å². The van der Waals surface area contributed by atoms with Gasteiger partial charge in [0.2, 0.25) is 0 Å². The lowest BCUT2D eigenvalue weighted by Gasteiger charge is -2.25. The smallest absolute Gasteiger partial charge is 0.308 e. The quantitative estimate of drug-likeness (QED) is 0.590. The number of ether oxygens (including phenoxy) is 2. The minimum absolute atomic E-state index is 0.136. The molecule has 2 rings (SSSR count). The van der Waals surface area contributed by atoms with E-state index < -0.39 is 0 Å². The SMILES string of the molecule is CCOC(=O)C[C@@H]1C=CC[C@@H](CCc2ccccc2)O1. The van der Waals surface area contributed by atoms with Gasteiger partial charge >= 0.3 is 5.97 Å². The number of benzene rings is 1. The van der Waals surface area contributed by atoms with Crippen LogP contribution in [0.1, 0.15) is 31.7 Å². The van der Waals surface area contributed by atoms with Gasteiger partial charge in [-0.1, -0.05) is 42.5 Å². The maximum absolute atomic E-state index is 11.5. The number of carbonyl (C=O) groups excluding carboxylic acids is 1. The Morgan fingerprint density at radius 1 is 1.35 bits per heavy atom. The van der Waals surface area contributed by atoms with Crippen molar-refractivity contribution in [2.24, 2.45) is 0 Å². The average molecular weight is 274 g/mol. The van der Waals surface area contributed by atoms with Crippen LogP contribution in [0.2, 0.25) is 0 Å².